The van der Waals surface area contributed by atoms with Gasteiger partial charge in [-0.05, 0) is 32.0 Å². The van der Waals surface area contributed by atoms with Gasteiger partial charge in [0.2, 0.25) is 0 Å². The normalized spacial score (nSPS) is 11.1. The molecule has 0 amide bonds. The smallest absolute Gasteiger partial charge is 0.136 e. The van der Waals surface area contributed by atoms with Crippen LogP contribution in [0.15, 0.2) is 22.6 Å². The Morgan fingerprint density at radius 2 is 2.21 bits per heavy atom. The van der Waals surface area contributed by atoms with Gasteiger partial charge >= 0.3 is 0 Å². The van der Waals surface area contributed by atoms with Gasteiger partial charge in [-0.25, -0.2) is 0 Å². The van der Waals surface area contributed by atoms with Crippen LogP contribution in [-0.4, -0.2) is 6.54 Å². The van der Waals surface area contributed by atoms with Gasteiger partial charge in [-0.15, -0.1) is 0 Å². The first-order valence-corrected chi connectivity index (χ1v) is 4.98. The van der Waals surface area contributed by atoms with Gasteiger partial charge in [0.1, 0.15) is 11.3 Å². The molecule has 0 unspecified atom stereocenters. The van der Waals surface area contributed by atoms with Gasteiger partial charge in [-0.3, -0.25) is 0 Å². The number of aryl methyl sites for hydroxylation is 1. The molecule has 0 spiro atoms. The Labute approximate surface area is 87.6 Å². The fourth-order valence-electron chi connectivity index (χ4n) is 1.70. The summed E-state index contributed by atoms with van der Waals surface area (Å²) in [6.07, 6.45) is 0.848. The third kappa shape index (κ3) is 1.51. The molecule has 0 aliphatic carbocycles. The van der Waals surface area contributed by atoms with E-state index >= 15 is 0 Å². The maximum atomic E-state index is 5.87. The minimum atomic E-state index is 0.637. The standard InChI is InChI=1S/C11H12ClNO/c1-7-9(4-5-13)10-3-2-8(12)6-11(10)14-7/h2-3,6H,4-5,13H2,1H3. The van der Waals surface area contributed by atoms with Crippen molar-refractivity contribution >= 4 is 22.6 Å². The summed E-state index contributed by atoms with van der Waals surface area (Å²) < 4.78 is 5.59. The van der Waals surface area contributed by atoms with Crippen LogP contribution in [0.2, 0.25) is 5.02 Å². The molecule has 3 heteroatoms. The second-order valence-electron chi connectivity index (χ2n) is 3.32. The van der Waals surface area contributed by atoms with Gasteiger partial charge in [-0.1, -0.05) is 11.6 Å². The van der Waals surface area contributed by atoms with Crippen LogP contribution in [0.1, 0.15) is 11.3 Å². The molecule has 0 atom stereocenters. The summed E-state index contributed by atoms with van der Waals surface area (Å²) in [6.45, 7) is 2.59. The highest BCUT2D eigenvalue weighted by Crippen LogP contribution is 2.27. The van der Waals surface area contributed by atoms with Crippen molar-refractivity contribution in [3.05, 3.63) is 34.5 Å². The fraction of sp³-hybridized carbons (Fsp3) is 0.273. The van der Waals surface area contributed by atoms with E-state index in [0.29, 0.717) is 11.6 Å². The molecule has 74 valence electrons. The molecule has 0 saturated heterocycles. The lowest BCUT2D eigenvalue weighted by Crippen LogP contribution is -2.02. The first-order valence-electron chi connectivity index (χ1n) is 4.60. The molecule has 0 saturated carbocycles. The number of rotatable bonds is 2. The van der Waals surface area contributed by atoms with Crippen LogP contribution in [-0.2, 0) is 6.42 Å². The van der Waals surface area contributed by atoms with Gasteiger partial charge in [0.25, 0.3) is 0 Å². The average Bonchev–Trinajstić information content (AvgIpc) is 2.43. The monoisotopic (exact) mass is 209 g/mol. The lowest BCUT2D eigenvalue weighted by molar-refractivity contribution is 0.572. The van der Waals surface area contributed by atoms with Crippen molar-refractivity contribution in [2.45, 2.75) is 13.3 Å². The number of benzene rings is 1. The number of hydrogen-bond acceptors (Lipinski definition) is 2. The Kier molecular flexibility index (Phi) is 2.48. The average molecular weight is 210 g/mol. The van der Waals surface area contributed by atoms with Crippen LogP contribution in [0.25, 0.3) is 11.0 Å². The maximum Gasteiger partial charge on any atom is 0.136 e. The van der Waals surface area contributed by atoms with Crippen LogP contribution >= 0.6 is 11.6 Å². The zero-order valence-corrected chi connectivity index (χ0v) is 8.77. The molecule has 1 aromatic heterocycles. The van der Waals surface area contributed by atoms with Crippen LogP contribution in [0, 0.1) is 6.92 Å². The van der Waals surface area contributed by atoms with E-state index in [4.69, 9.17) is 21.8 Å². The van der Waals surface area contributed by atoms with Crippen LogP contribution in [0.3, 0.4) is 0 Å². The van der Waals surface area contributed by atoms with E-state index in [0.717, 1.165) is 23.2 Å². The molecule has 1 aromatic carbocycles. The Morgan fingerprint density at radius 3 is 2.93 bits per heavy atom. The van der Waals surface area contributed by atoms with Crippen molar-refractivity contribution in [1.82, 2.24) is 0 Å². The van der Waals surface area contributed by atoms with Crippen molar-refractivity contribution in [2.75, 3.05) is 6.54 Å². The molecule has 0 aliphatic rings. The zero-order valence-electron chi connectivity index (χ0n) is 8.01. The topological polar surface area (TPSA) is 39.2 Å². The third-order valence-corrected chi connectivity index (χ3v) is 2.59. The lowest BCUT2D eigenvalue weighted by Gasteiger charge is -1.95. The van der Waals surface area contributed by atoms with E-state index in [9.17, 15) is 0 Å². The van der Waals surface area contributed by atoms with Crippen molar-refractivity contribution < 1.29 is 4.42 Å². The lowest BCUT2D eigenvalue weighted by atomic mass is 10.1. The SMILES string of the molecule is Cc1oc2cc(Cl)ccc2c1CCN. The summed E-state index contributed by atoms with van der Waals surface area (Å²) in [7, 11) is 0. The van der Waals surface area contributed by atoms with E-state index in [1.807, 2.05) is 25.1 Å². The van der Waals surface area contributed by atoms with Crippen LogP contribution in [0.5, 0.6) is 0 Å². The highest BCUT2D eigenvalue weighted by Gasteiger charge is 2.09. The first kappa shape index (κ1) is 9.56. The molecule has 0 aliphatic heterocycles. The summed E-state index contributed by atoms with van der Waals surface area (Å²) in [5.74, 6) is 0.938. The number of nitrogens with two attached hydrogens (primary N) is 1. The van der Waals surface area contributed by atoms with Crippen molar-refractivity contribution in [2.24, 2.45) is 5.73 Å². The molecule has 0 fully saturated rings. The second kappa shape index (κ2) is 3.64. The Morgan fingerprint density at radius 1 is 1.43 bits per heavy atom. The zero-order chi connectivity index (χ0) is 10.1. The molecule has 0 bridgehead atoms. The number of hydrogen-bond donors (Lipinski definition) is 1. The molecule has 2 rings (SSSR count). The maximum absolute atomic E-state index is 5.87. The third-order valence-electron chi connectivity index (χ3n) is 2.35. The minimum Gasteiger partial charge on any atom is -0.461 e. The predicted octanol–water partition coefficient (Wildman–Crippen LogP) is 2.90. The Hall–Kier alpha value is -0.990. The van der Waals surface area contributed by atoms with E-state index in [1.54, 1.807) is 0 Å². The Balaban J connectivity index is 2.64. The highest BCUT2D eigenvalue weighted by atomic mass is 35.5. The van der Waals surface area contributed by atoms with Crippen molar-refractivity contribution in [3.63, 3.8) is 0 Å². The predicted molar refractivity (Wildman–Crippen MR) is 58.7 cm³/mol. The summed E-state index contributed by atoms with van der Waals surface area (Å²) in [4.78, 5) is 0. The largest absolute Gasteiger partial charge is 0.461 e. The van der Waals surface area contributed by atoms with E-state index in [1.165, 1.54) is 5.56 Å². The van der Waals surface area contributed by atoms with Crippen LogP contribution < -0.4 is 5.73 Å². The number of furan rings is 1. The highest BCUT2D eigenvalue weighted by molar-refractivity contribution is 6.31. The fourth-order valence-corrected chi connectivity index (χ4v) is 1.86. The molecular weight excluding hydrogens is 198 g/mol. The van der Waals surface area contributed by atoms with Gasteiger partial charge in [0.15, 0.2) is 0 Å². The van der Waals surface area contributed by atoms with Crippen molar-refractivity contribution in [1.29, 1.82) is 0 Å². The molecule has 0 radical (unpaired) electrons. The van der Waals surface area contributed by atoms with Crippen molar-refractivity contribution in [3.8, 4) is 0 Å². The van der Waals surface area contributed by atoms with E-state index in [-0.39, 0.29) is 0 Å². The first-order chi connectivity index (χ1) is 6.72. The molecule has 2 nitrogen and oxygen atoms in total. The Bertz CT molecular complexity index is 462. The van der Waals surface area contributed by atoms with E-state index in [2.05, 4.69) is 0 Å². The molecule has 2 N–H and O–H groups in total. The molecular formula is C11H12ClNO. The minimum absolute atomic E-state index is 0.637. The van der Waals surface area contributed by atoms with Gasteiger partial charge in [0.05, 0.1) is 0 Å². The van der Waals surface area contributed by atoms with Gasteiger partial charge in [-0.2, -0.15) is 0 Å². The van der Waals surface area contributed by atoms with Gasteiger partial charge < -0.3 is 10.2 Å². The second-order valence-corrected chi connectivity index (χ2v) is 3.75. The summed E-state index contributed by atoms with van der Waals surface area (Å²) in [6, 6.07) is 5.70. The molecule has 1 heterocycles. The van der Waals surface area contributed by atoms with Crippen LogP contribution in [0.4, 0.5) is 0 Å². The summed E-state index contributed by atoms with van der Waals surface area (Å²) in [5.41, 5.74) is 7.58. The van der Waals surface area contributed by atoms with E-state index < -0.39 is 0 Å². The quantitative estimate of drug-likeness (QED) is 0.826. The summed E-state index contributed by atoms with van der Waals surface area (Å²) in [5, 5.41) is 1.82. The number of fused-ring (bicyclic) bond motifs is 1. The summed E-state index contributed by atoms with van der Waals surface area (Å²) >= 11 is 5.87. The molecule has 14 heavy (non-hydrogen) atoms. The van der Waals surface area contributed by atoms with Gasteiger partial charge in [0, 0.05) is 22.0 Å². The number of halogens is 1. The molecule has 2 aromatic rings.